The van der Waals surface area contributed by atoms with Crippen molar-refractivity contribution in [3.63, 3.8) is 0 Å². The van der Waals surface area contributed by atoms with Gasteiger partial charge in [0, 0.05) is 35.8 Å². The number of nitrogens with zero attached hydrogens (tertiary/aromatic N) is 3. The Labute approximate surface area is 173 Å². The van der Waals surface area contributed by atoms with Crippen molar-refractivity contribution in [3.8, 4) is 11.4 Å². The molecule has 0 saturated heterocycles. The molecule has 0 spiro atoms. The number of benzene rings is 1. The van der Waals surface area contributed by atoms with Crippen LogP contribution in [0.4, 0.5) is 5.69 Å². The number of nitrogens with one attached hydrogen (secondary N) is 1. The number of anilines is 1. The molecule has 1 aromatic carbocycles. The quantitative estimate of drug-likeness (QED) is 0.627. The van der Waals surface area contributed by atoms with E-state index in [1.165, 1.54) is 0 Å². The molecule has 0 fully saturated rings. The van der Waals surface area contributed by atoms with Gasteiger partial charge in [0.25, 0.3) is 5.56 Å². The fraction of sp³-hybridized carbons (Fsp3) is 0.333. The molecule has 3 aromatic rings. The predicted molar refractivity (Wildman–Crippen MR) is 112 cm³/mol. The molecule has 0 atom stereocenters. The fourth-order valence-electron chi connectivity index (χ4n) is 2.92. The van der Waals surface area contributed by atoms with Crippen molar-refractivity contribution in [1.29, 1.82) is 0 Å². The Morgan fingerprint density at radius 1 is 1.24 bits per heavy atom. The molecule has 0 aliphatic carbocycles. The number of amides is 1. The highest BCUT2D eigenvalue weighted by molar-refractivity contribution is 6.31. The summed E-state index contributed by atoms with van der Waals surface area (Å²) in [6.07, 6.45) is 1.29. The lowest BCUT2D eigenvalue weighted by molar-refractivity contribution is -0.116. The van der Waals surface area contributed by atoms with Crippen LogP contribution >= 0.6 is 11.6 Å². The summed E-state index contributed by atoms with van der Waals surface area (Å²) < 4.78 is 6.93. The largest absolute Gasteiger partial charge is 0.339 e. The van der Waals surface area contributed by atoms with Crippen molar-refractivity contribution < 1.29 is 9.32 Å². The number of pyridine rings is 1. The van der Waals surface area contributed by atoms with E-state index in [9.17, 15) is 9.59 Å². The number of aryl methyl sites for hydroxylation is 3. The van der Waals surface area contributed by atoms with Crippen LogP contribution in [0.2, 0.25) is 5.02 Å². The monoisotopic (exact) mass is 414 g/mol. The number of halogens is 1. The second-order valence-electron chi connectivity index (χ2n) is 6.87. The summed E-state index contributed by atoms with van der Waals surface area (Å²) in [6, 6.07) is 8.91. The lowest BCUT2D eigenvalue weighted by atomic mass is 10.2. The van der Waals surface area contributed by atoms with Gasteiger partial charge in [-0.05, 0) is 50.1 Å². The second-order valence-corrected chi connectivity index (χ2v) is 7.28. The first-order valence-electron chi connectivity index (χ1n) is 9.48. The highest BCUT2D eigenvalue weighted by Gasteiger charge is 2.15. The molecule has 152 valence electrons. The first-order chi connectivity index (χ1) is 13.9. The normalized spacial score (nSPS) is 10.9. The molecule has 0 aliphatic heterocycles. The number of carbonyl (C=O) groups excluding carboxylic acids is 1. The van der Waals surface area contributed by atoms with Crippen LogP contribution in [0.25, 0.3) is 11.4 Å². The third-order valence-electron chi connectivity index (χ3n) is 4.57. The second kappa shape index (κ2) is 9.05. The van der Waals surface area contributed by atoms with Gasteiger partial charge in [-0.15, -0.1) is 0 Å². The lowest BCUT2D eigenvalue weighted by Gasteiger charge is -2.09. The first-order valence-corrected chi connectivity index (χ1v) is 9.86. The zero-order valence-corrected chi connectivity index (χ0v) is 17.4. The van der Waals surface area contributed by atoms with Gasteiger partial charge in [-0.1, -0.05) is 29.7 Å². The van der Waals surface area contributed by atoms with E-state index >= 15 is 0 Å². The summed E-state index contributed by atoms with van der Waals surface area (Å²) in [5, 5.41) is 7.30. The van der Waals surface area contributed by atoms with Crippen molar-refractivity contribution in [2.24, 2.45) is 0 Å². The molecule has 8 heteroatoms. The predicted octanol–water partition coefficient (Wildman–Crippen LogP) is 4.15. The van der Waals surface area contributed by atoms with Crippen LogP contribution in [-0.2, 0) is 17.8 Å². The van der Waals surface area contributed by atoms with Gasteiger partial charge in [0.15, 0.2) is 0 Å². The minimum Gasteiger partial charge on any atom is -0.339 e. The summed E-state index contributed by atoms with van der Waals surface area (Å²) in [4.78, 5) is 29.1. The number of rotatable bonds is 7. The topological polar surface area (TPSA) is 90.0 Å². The maximum atomic E-state index is 12.7. The third-order valence-corrected chi connectivity index (χ3v) is 4.98. The smallest absolute Gasteiger partial charge is 0.261 e. The standard InChI is InChI=1S/C21H23ClN4O3/c1-4-11-26-14(3)6-8-16(21(26)28)20-24-19(29-25-20)10-9-18(27)23-15-7-5-13(2)17(22)12-15/h5-8,12H,4,9-11H2,1-3H3,(H,23,27). The molecule has 29 heavy (non-hydrogen) atoms. The Morgan fingerprint density at radius 3 is 2.76 bits per heavy atom. The average Bonchev–Trinajstić information content (AvgIpc) is 3.15. The van der Waals surface area contributed by atoms with Crippen LogP contribution in [0.15, 0.2) is 39.6 Å². The number of carbonyl (C=O) groups is 1. The van der Waals surface area contributed by atoms with Crippen molar-refractivity contribution >= 4 is 23.2 Å². The van der Waals surface area contributed by atoms with Gasteiger partial charge in [-0.3, -0.25) is 9.59 Å². The zero-order valence-electron chi connectivity index (χ0n) is 16.7. The molecular weight excluding hydrogens is 392 g/mol. The van der Waals surface area contributed by atoms with Crippen LogP contribution in [0.1, 0.15) is 36.9 Å². The molecule has 0 radical (unpaired) electrons. The van der Waals surface area contributed by atoms with E-state index in [-0.39, 0.29) is 30.1 Å². The summed E-state index contributed by atoms with van der Waals surface area (Å²) in [6.45, 7) is 6.43. The van der Waals surface area contributed by atoms with E-state index in [0.29, 0.717) is 28.7 Å². The average molecular weight is 415 g/mol. The molecule has 3 rings (SSSR count). The Bertz CT molecular complexity index is 1090. The Balaban J connectivity index is 1.66. The molecule has 0 saturated carbocycles. The van der Waals surface area contributed by atoms with Crippen LogP contribution < -0.4 is 10.9 Å². The van der Waals surface area contributed by atoms with Crippen LogP contribution in [0.3, 0.4) is 0 Å². The minimum atomic E-state index is -0.190. The summed E-state index contributed by atoms with van der Waals surface area (Å²) in [5.41, 5.74) is 2.70. The van der Waals surface area contributed by atoms with Gasteiger partial charge in [-0.2, -0.15) is 4.98 Å². The molecule has 0 unspecified atom stereocenters. The SMILES string of the molecule is CCCn1c(C)ccc(-c2noc(CCC(=O)Nc3ccc(C)c(Cl)c3)n2)c1=O. The molecule has 0 aliphatic rings. The molecule has 0 bridgehead atoms. The first kappa shape index (κ1) is 20.8. The van der Waals surface area contributed by atoms with Gasteiger partial charge in [0.1, 0.15) is 0 Å². The summed E-state index contributed by atoms with van der Waals surface area (Å²) in [5.74, 6) is 0.352. The minimum absolute atomic E-state index is 0.145. The Kier molecular flexibility index (Phi) is 6.49. The highest BCUT2D eigenvalue weighted by atomic mass is 35.5. The molecule has 1 N–H and O–H groups in total. The van der Waals surface area contributed by atoms with E-state index in [1.807, 2.05) is 32.9 Å². The summed E-state index contributed by atoms with van der Waals surface area (Å²) >= 11 is 6.07. The van der Waals surface area contributed by atoms with E-state index in [4.69, 9.17) is 16.1 Å². The maximum Gasteiger partial charge on any atom is 0.261 e. The summed E-state index contributed by atoms with van der Waals surface area (Å²) in [7, 11) is 0. The Morgan fingerprint density at radius 2 is 2.03 bits per heavy atom. The van der Waals surface area contributed by atoms with Crippen molar-refractivity contribution in [3.05, 3.63) is 62.9 Å². The molecule has 7 nitrogen and oxygen atoms in total. The molecular formula is C21H23ClN4O3. The van der Waals surface area contributed by atoms with Gasteiger partial charge in [0.2, 0.25) is 17.6 Å². The lowest BCUT2D eigenvalue weighted by Crippen LogP contribution is -2.23. The number of aromatic nitrogens is 3. The fourth-order valence-corrected chi connectivity index (χ4v) is 3.10. The van der Waals surface area contributed by atoms with Gasteiger partial charge < -0.3 is 14.4 Å². The van der Waals surface area contributed by atoms with Crippen LogP contribution in [0, 0.1) is 13.8 Å². The maximum absolute atomic E-state index is 12.7. The third kappa shape index (κ3) is 4.92. The molecule has 2 aromatic heterocycles. The van der Waals surface area contributed by atoms with E-state index in [2.05, 4.69) is 15.5 Å². The van der Waals surface area contributed by atoms with Crippen LogP contribution in [0.5, 0.6) is 0 Å². The van der Waals surface area contributed by atoms with Crippen molar-refractivity contribution in [2.45, 2.75) is 46.6 Å². The van der Waals surface area contributed by atoms with Crippen molar-refractivity contribution in [1.82, 2.24) is 14.7 Å². The van der Waals surface area contributed by atoms with Gasteiger partial charge >= 0.3 is 0 Å². The van der Waals surface area contributed by atoms with Gasteiger partial charge in [0.05, 0.1) is 5.56 Å². The molecule has 2 heterocycles. The van der Waals surface area contributed by atoms with Crippen LogP contribution in [-0.4, -0.2) is 20.6 Å². The molecule has 1 amide bonds. The van der Waals surface area contributed by atoms with Gasteiger partial charge in [-0.25, -0.2) is 0 Å². The van der Waals surface area contributed by atoms with E-state index in [0.717, 1.165) is 17.7 Å². The van der Waals surface area contributed by atoms with E-state index < -0.39 is 0 Å². The number of hydrogen-bond donors (Lipinski definition) is 1. The Hall–Kier alpha value is -2.93. The van der Waals surface area contributed by atoms with E-state index in [1.54, 1.807) is 22.8 Å². The van der Waals surface area contributed by atoms with Crippen molar-refractivity contribution in [2.75, 3.05) is 5.32 Å². The number of hydrogen-bond acceptors (Lipinski definition) is 5. The zero-order chi connectivity index (χ0) is 21.0. The highest BCUT2D eigenvalue weighted by Crippen LogP contribution is 2.20.